The molecule has 1 aromatic heterocycles. The molecule has 0 saturated heterocycles. The maximum atomic E-state index is 4.71. The molecule has 2 aromatic rings. The van der Waals surface area contributed by atoms with E-state index in [-0.39, 0.29) is 0 Å². The fourth-order valence-electron chi connectivity index (χ4n) is 3.08. The molecule has 1 aliphatic rings. The van der Waals surface area contributed by atoms with Crippen LogP contribution in [0.5, 0.6) is 0 Å². The fraction of sp³-hybridized carbons (Fsp3) is 0.471. The van der Waals surface area contributed by atoms with Crippen LogP contribution in [0.4, 0.5) is 5.69 Å². The van der Waals surface area contributed by atoms with Crippen LogP contribution in [-0.2, 0) is 6.54 Å². The van der Waals surface area contributed by atoms with Crippen LogP contribution < -0.4 is 5.32 Å². The number of hydrogen-bond donors (Lipinski definition) is 1. The van der Waals surface area contributed by atoms with E-state index >= 15 is 0 Å². The number of nitrogens with one attached hydrogen (secondary N) is 1. The lowest BCUT2D eigenvalue weighted by Crippen LogP contribution is -2.07. The van der Waals surface area contributed by atoms with E-state index in [2.05, 4.69) is 64.2 Å². The molecule has 3 rings (SSSR count). The van der Waals surface area contributed by atoms with Crippen molar-refractivity contribution in [1.29, 1.82) is 0 Å². The molecule has 3 nitrogen and oxygen atoms in total. The molecule has 1 saturated carbocycles. The largest absolute Gasteiger partial charge is 0.379 e. The van der Waals surface area contributed by atoms with Crippen LogP contribution in [0.25, 0.3) is 0 Å². The summed E-state index contributed by atoms with van der Waals surface area (Å²) in [5, 5.41) is 8.19. The highest BCUT2D eigenvalue weighted by Gasteiger charge is 2.17. The Morgan fingerprint density at radius 2 is 1.90 bits per heavy atom. The lowest BCUT2D eigenvalue weighted by Gasteiger charge is -2.10. The Morgan fingerprint density at radius 1 is 1.24 bits per heavy atom. The van der Waals surface area contributed by atoms with Gasteiger partial charge in [-0.25, -0.2) is 0 Å². The second-order valence-electron chi connectivity index (χ2n) is 6.00. The van der Waals surface area contributed by atoms with E-state index in [1.807, 2.05) is 0 Å². The summed E-state index contributed by atoms with van der Waals surface area (Å²) in [7, 11) is 0. The monoisotopic (exact) mass is 347 g/mol. The summed E-state index contributed by atoms with van der Waals surface area (Å²) in [5.74, 6) is 0. The maximum absolute atomic E-state index is 4.71. The molecule has 0 spiro atoms. The van der Waals surface area contributed by atoms with Crippen LogP contribution in [0.15, 0.2) is 28.9 Å². The first kappa shape index (κ1) is 14.6. The Kier molecular flexibility index (Phi) is 4.34. The third-order valence-electron chi connectivity index (χ3n) is 4.27. The van der Waals surface area contributed by atoms with Crippen LogP contribution in [0, 0.1) is 13.8 Å². The third kappa shape index (κ3) is 3.31. The molecule has 0 bridgehead atoms. The number of benzene rings is 1. The lowest BCUT2D eigenvalue weighted by atomic mass is 10.1. The van der Waals surface area contributed by atoms with E-state index in [1.54, 1.807) is 0 Å². The van der Waals surface area contributed by atoms with Crippen LogP contribution >= 0.6 is 15.9 Å². The number of aryl methyl sites for hydroxylation is 2. The topological polar surface area (TPSA) is 29.9 Å². The van der Waals surface area contributed by atoms with Gasteiger partial charge >= 0.3 is 0 Å². The highest BCUT2D eigenvalue weighted by Crippen LogP contribution is 2.29. The molecule has 0 radical (unpaired) electrons. The first-order valence-electron chi connectivity index (χ1n) is 7.68. The predicted octanol–water partition coefficient (Wildman–Crippen LogP) is 4.99. The maximum Gasteiger partial charge on any atom is 0.0815 e. The second-order valence-corrected chi connectivity index (χ2v) is 6.80. The Bertz CT molecular complexity index is 604. The van der Waals surface area contributed by atoms with Crippen LogP contribution in [-0.4, -0.2) is 9.78 Å². The molecule has 0 amide bonds. The molecule has 21 heavy (non-hydrogen) atoms. The normalized spacial score (nSPS) is 15.6. The zero-order valence-corrected chi connectivity index (χ0v) is 14.3. The summed E-state index contributed by atoms with van der Waals surface area (Å²) in [6.45, 7) is 5.02. The summed E-state index contributed by atoms with van der Waals surface area (Å²) in [6, 6.07) is 7.09. The van der Waals surface area contributed by atoms with E-state index < -0.39 is 0 Å². The van der Waals surface area contributed by atoms with Crippen molar-refractivity contribution in [3.63, 3.8) is 0 Å². The third-order valence-corrected chi connectivity index (χ3v) is 5.52. The van der Waals surface area contributed by atoms with E-state index in [0.717, 1.165) is 17.9 Å². The standard InChI is InChI=1S/C17H22BrN3/c1-12-9-15(10-13(2)17(12)18)19-11-14-7-8-21(20-14)16-5-3-4-6-16/h7-10,16,19H,3-6,11H2,1-2H3. The van der Waals surface area contributed by atoms with E-state index in [9.17, 15) is 0 Å². The number of aromatic nitrogens is 2. The van der Waals surface area contributed by atoms with Crippen molar-refractivity contribution < 1.29 is 0 Å². The zero-order valence-electron chi connectivity index (χ0n) is 12.7. The predicted molar refractivity (Wildman–Crippen MR) is 90.7 cm³/mol. The van der Waals surface area contributed by atoms with Gasteiger partial charge < -0.3 is 5.32 Å². The van der Waals surface area contributed by atoms with Gasteiger partial charge in [0.1, 0.15) is 0 Å². The second kappa shape index (κ2) is 6.22. The Labute approximate surface area is 134 Å². The first-order chi connectivity index (χ1) is 10.1. The van der Waals surface area contributed by atoms with Gasteiger partial charge in [-0.1, -0.05) is 28.8 Å². The number of halogens is 1. The fourth-order valence-corrected chi connectivity index (χ4v) is 3.31. The molecule has 0 atom stereocenters. The van der Waals surface area contributed by atoms with Gasteiger partial charge in [-0.15, -0.1) is 0 Å². The van der Waals surface area contributed by atoms with Gasteiger partial charge in [0.25, 0.3) is 0 Å². The zero-order chi connectivity index (χ0) is 14.8. The van der Waals surface area contributed by atoms with Gasteiger partial charge in [-0.05, 0) is 56.0 Å². The van der Waals surface area contributed by atoms with Crippen molar-refractivity contribution in [2.24, 2.45) is 0 Å². The van der Waals surface area contributed by atoms with Gasteiger partial charge in [-0.2, -0.15) is 5.10 Å². The van der Waals surface area contributed by atoms with Crippen molar-refractivity contribution in [2.75, 3.05) is 5.32 Å². The summed E-state index contributed by atoms with van der Waals surface area (Å²) in [6.07, 6.45) is 7.37. The summed E-state index contributed by atoms with van der Waals surface area (Å²) >= 11 is 3.61. The average molecular weight is 348 g/mol. The van der Waals surface area contributed by atoms with Gasteiger partial charge in [0.05, 0.1) is 18.3 Å². The number of anilines is 1. The molecule has 1 N–H and O–H groups in total. The average Bonchev–Trinajstić information content (AvgIpc) is 3.12. The molecule has 112 valence electrons. The molecule has 1 fully saturated rings. The lowest BCUT2D eigenvalue weighted by molar-refractivity contribution is 0.463. The molecule has 1 aromatic carbocycles. The van der Waals surface area contributed by atoms with E-state index in [1.165, 1.54) is 41.3 Å². The van der Waals surface area contributed by atoms with Crippen molar-refractivity contribution >= 4 is 21.6 Å². The van der Waals surface area contributed by atoms with E-state index in [4.69, 9.17) is 5.10 Å². The SMILES string of the molecule is Cc1cc(NCc2ccn(C3CCCC3)n2)cc(C)c1Br. The molecule has 1 heterocycles. The Morgan fingerprint density at radius 3 is 2.57 bits per heavy atom. The molecule has 1 aliphatic carbocycles. The quantitative estimate of drug-likeness (QED) is 0.844. The summed E-state index contributed by atoms with van der Waals surface area (Å²) in [5.41, 5.74) is 4.78. The minimum Gasteiger partial charge on any atom is -0.379 e. The number of hydrogen-bond acceptors (Lipinski definition) is 2. The van der Waals surface area contributed by atoms with Gasteiger partial charge in [-0.3, -0.25) is 4.68 Å². The summed E-state index contributed by atoms with van der Waals surface area (Å²) < 4.78 is 3.35. The highest BCUT2D eigenvalue weighted by atomic mass is 79.9. The van der Waals surface area contributed by atoms with Crippen molar-refractivity contribution in [1.82, 2.24) is 9.78 Å². The molecule has 0 unspecified atom stereocenters. The Hall–Kier alpha value is -1.29. The number of nitrogens with zero attached hydrogens (tertiary/aromatic N) is 2. The minimum atomic E-state index is 0.621. The van der Waals surface area contributed by atoms with Crippen molar-refractivity contribution in [2.45, 2.75) is 52.1 Å². The smallest absolute Gasteiger partial charge is 0.0815 e. The molecule has 4 heteroatoms. The highest BCUT2D eigenvalue weighted by molar-refractivity contribution is 9.10. The van der Waals surface area contributed by atoms with E-state index in [0.29, 0.717) is 6.04 Å². The first-order valence-corrected chi connectivity index (χ1v) is 8.47. The molecular formula is C17H22BrN3. The van der Waals surface area contributed by atoms with Crippen LogP contribution in [0.2, 0.25) is 0 Å². The van der Waals surface area contributed by atoms with Crippen molar-refractivity contribution in [3.8, 4) is 0 Å². The minimum absolute atomic E-state index is 0.621. The van der Waals surface area contributed by atoms with Crippen LogP contribution in [0.1, 0.15) is 48.5 Å². The van der Waals surface area contributed by atoms with Crippen LogP contribution in [0.3, 0.4) is 0 Å². The Balaban J connectivity index is 1.65. The van der Waals surface area contributed by atoms with Crippen molar-refractivity contribution in [3.05, 3.63) is 45.7 Å². The molecular weight excluding hydrogens is 326 g/mol. The van der Waals surface area contributed by atoms with Gasteiger partial charge in [0, 0.05) is 16.4 Å². The number of rotatable bonds is 4. The van der Waals surface area contributed by atoms with Gasteiger partial charge in [0.15, 0.2) is 0 Å². The molecule has 0 aliphatic heterocycles. The summed E-state index contributed by atoms with van der Waals surface area (Å²) in [4.78, 5) is 0. The van der Waals surface area contributed by atoms with Gasteiger partial charge in [0.2, 0.25) is 0 Å².